The Bertz CT molecular complexity index is 496. The number of ether oxygens (including phenoxy) is 1. The molecule has 0 aromatic carbocycles. The SMILES string of the molecule is CCc1nc(C)c(C(=O)N2CCOC(C(=O)O)C2)o1. The molecule has 7 heteroatoms. The number of carboxylic acids is 1. The summed E-state index contributed by atoms with van der Waals surface area (Å²) in [5.74, 6) is -0.716. The van der Waals surface area contributed by atoms with Gasteiger partial charge in [0, 0.05) is 13.0 Å². The van der Waals surface area contributed by atoms with E-state index < -0.39 is 12.1 Å². The summed E-state index contributed by atoms with van der Waals surface area (Å²) in [5.41, 5.74) is 0.528. The van der Waals surface area contributed by atoms with Crippen molar-refractivity contribution in [2.24, 2.45) is 0 Å². The summed E-state index contributed by atoms with van der Waals surface area (Å²) < 4.78 is 10.5. The highest BCUT2D eigenvalue weighted by atomic mass is 16.5. The highest BCUT2D eigenvalue weighted by Crippen LogP contribution is 2.16. The van der Waals surface area contributed by atoms with Gasteiger partial charge in [-0.25, -0.2) is 9.78 Å². The smallest absolute Gasteiger partial charge is 0.334 e. The molecule has 1 fully saturated rings. The lowest BCUT2D eigenvalue weighted by molar-refractivity contribution is -0.154. The van der Waals surface area contributed by atoms with Crippen LogP contribution < -0.4 is 0 Å². The van der Waals surface area contributed by atoms with E-state index in [4.69, 9.17) is 14.3 Å². The number of hydrogen-bond acceptors (Lipinski definition) is 5. The first-order chi connectivity index (χ1) is 9.02. The molecule has 1 unspecified atom stereocenters. The van der Waals surface area contributed by atoms with E-state index in [1.165, 1.54) is 4.90 Å². The number of carbonyl (C=O) groups excluding carboxylic acids is 1. The summed E-state index contributed by atoms with van der Waals surface area (Å²) in [7, 11) is 0. The second-order valence-electron chi connectivity index (χ2n) is 4.32. The van der Waals surface area contributed by atoms with Crippen LogP contribution in [-0.4, -0.2) is 52.7 Å². The average molecular weight is 268 g/mol. The van der Waals surface area contributed by atoms with Gasteiger partial charge < -0.3 is 19.2 Å². The third-order valence-corrected chi connectivity index (χ3v) is 2.97. The van der Waals surface area contributed by atoms with Crippen molar-refractivity contribution >= 4 is 11.9 Å². The van der Waals surface area contributed by atoms with Crippen molar-refractivity contribution in [1.82, 2.24) is 9.88 Å². The number of hydrogen-bond donors (Lipinski definition) is 1. The zero-order valence-corrected chi connectivity index (χ0v) is 10.9. The number of morpholine rings is 1. The summed E-state index contributed by atoms with van der Waals surface area (Å²) >= 11 is 0. The molecule has 1 aromatic heterocycles. The summed E-state index contributed by atoms with van der Waals surface area (Å²) in [5, 5.41) is 8.91. The van der Waals surface area contributed by atoms with Gasteiger partial charge in [-0.15, -0.1) is 0 Å². The van der Waals surface area contributed by atoms with E-state index in [2.05, 4.69) is 4.98 Å². The number of carboxylic acid groups (broad SMARTS) is 1. The molecule has 2 rings (SSSR count). The predicted molar refractivity (Wildman–Crippen MR) is 63.9 cm³/mol. The lowest BCUT2D eigenvalue weighted by Crippen LogP contribution is -2.48. The molecule has 1 N–H and O–H groups in total. The van der Waals surface area contributed by atoms with Gasteiger partial charge in [0.25, 0.3) is 5.91 Å². The molecule has 2 heterocycles. The molecule has 1 amide bonds. The molecule has 1 atom stereocenters. The number of aromatic nitrogens is 1. The third kappa shape index (κ3) is 2.76. The number of nitrogens with zero attached hydrogens (tertiary/aromatic N) is 2. The van der Waals surface area contributed by atoms with Gasteiger partial charge in [0.15, 0.2) is 12.0 Å². The molecule has 19 heavy (non-hydrogen) atoms. The van der Waals surface area contributed by atoms with Gasteiger partial charge >= 0.3 is 5.97 Å². The number of aliphatic carboxylic acids is 1. The van der Waals surface area contributed by atoms with E-state index >= 15 is 0 Å². The van der Waals surface area contributed by atoms with E-state index in [1.807, 2.05) is 6.92 Å². The van der Waals surface area contributed by atoms with Crippen LogP contribution in [0.2, 0.25) is 0 Å². The molecule has 0 bridgehead atoms. The lowest BCUT2D eigenvalue weighted by Gasteiger charge is -2.30. The summed E-state index contributed by atoms with van der Waals surface area (Å²) in [6.45, 7) is 4.16. The molecule has 0 saturated carbocycles. The summed E-state index contributed by atoms with van der Waals surface area (Å²) in [4.78, 5) is 28.7. The third-order valence-electron chi connectivity index (χ3n) is 2.97. The van der Waals surface area contributed by atoms with Gasteiger partial charge in [-0.05, 0) is 6.92 Å². The standard InChI is InChI=1S/C12H16N2O5/c1-3-9-13-7(2)10(19-9)11(15)14-4-5-18-8(6-14)12(16)17/h8H,3-6H2,1-2H3,(H,16,17). The lowest BCUT2D eigenvalue weighted by atomic mass is 10.2. The van der Waals surface area contributed by atoms with E-state index in [9.17, 15) is 9.59 Å². The van der Waals surface area contributed by atoms with Crippen LogP contribution in [0.5, 0.6) is 0 Å². The largest absolute Gasteiger partial charge is 0.479 e. The Morgan fingerprint density at radius 3 is 2.84 bits per heavy atom. The van der Waals surface area contributed by atoms with Crippen molar-refractivity contribution < 1.29 is 23.8 Å². The first-order valence-corrected chi connectivity index (χ1v) is 6.13. The van der Waals surface area contributed by atoms with Gasteiger partial charge in [-0.3, -0.25) is 4.79 Å². The van der Waals surface area contributed by atoms with Crippen molar-refractivity contribution in [2.45, 2.75) is 26.4 Å². The Balaban J connectivity index is 2.14. The van der Waals surface area contributed by atoms with Crippen LogP contribution in [-0.2, 0) is 16.0 Å². The van der Waals surface area contributed by atoms with Crippen molar-refractivity contribution in [3.8, 4) is 0 Å². The van der Waals surface area contributed by atoms with E-state index in [0.717, 1.165) is 0 Å². The normalized spacial score (nSPS) is 19.5. The number of oxazole rings is 1. The number of rotatable bonds is 3. The fourth-order valence-corrected chi connectivity index (χ4v) is 1.93. The zero-order valence-electron chi connectivity index (χ0n) is 10.9. The molecule has 0 spiro atoms. The Hall–Kier alpha value is -1.89. The van der Waals surface area contributed by atoms with Crippen molar-refractivity contribution in [3.05, 3.63) is 17.3 Å². The Labute approximate surface area is 110 Å². The maximum atomic E-state index is 12.3. The van der Waals surface area contributed by atoms with Crippen molar-refractivity contribution in [3.63, 3.8) is 0 Å². The zero-order chi connectivity index (χ0) is 14.0. The number of amides is 1. The molecule has 0 radical (unpaired) electrons. The Morgan fingerprint density at radius 1 is 1.53 bits per heavy atom. The molecule has 1 aromatic rings. The van der Waals surface area contributed by atoms with Crippen LogP contribution >= 0.6 is 0 Å². The highest BCUT2D eigenvalue weighted by molar-refractivity contribution is 5.93. The second kappa shape index (κ2) is 5.40. The molecule has 1 saturated heterocycles. The number of aryl methyl sites for hydroxylation is 2. The molecular formula is C12H16N2O5. The predicted octanol–water partition coefficient (Wildman–Crippen LogP) is 0.471. The quantitative estimate of drug-likeness (QED) is 0.856. The minimum atomic E-state index is -1.07. The van der Waals surface area contributed by atoms with Crippen molar-refractivity contribution in [2.75, 3.05) is 19.7 Å². The monoisotopic (exact) mass is 268 g/mol. The molecular weight excluding hydrogens is 252 g/mol. The van der Waals surface area contributed by atoms with Gasteiger partial charge in [-0.2, -0.15) is 0 Å². The molecule has 1 aliphatic rings. The van der Waals surface area contributed by atoms with Crippen LogP contribution in [0.25, 0.3) is 0 Å². The molecule has 104 valence electrons. The summed E-state index contributed by atoms with van der Waals surface area (Å²) in [6.07, 6.45) is -0.374. The average Bonchev–Trinajstić information content (AvgIpc) is 2.79. The minimum absolute atomic E-state index is 0.0236. The highest BCUT2D eigenvalue weighted by Gasteiger charge is 2.31. The second-order valence-corrected chi connectivity index (χ2v) is 4.32. The van der Waals surface area contributed by atoms with Crippen LogP contribution in [0.4, 0.5) is 0 Å². The van der Waals surface area contributed by atoms with Gasteiger partial charge in [0.05, 0.1) is 18.8 Å². The fraction of sp³-hybridized carbons (Fsp3) is 0.583. The van der Waals surface area contributed by atoms with Gasteiger partial charge in [0.2, 0.25) is 5.76 Å². The fourth-order valence-electron chi connectivity index (χ4n) is 1.93. The van der Waals surface area contributed by atoms with Crippen LogP contribution in [0.3, 0.4) is 0 Å². The first kappa shape index (κ1) is 13.5. The maximum Gasteiger partial charge on any atom is 0.334 e. The molecule has 0 aliphatic carbocycles. The van der Waals surface area contributed by atoms with Crippen LogP contribution in [0, 0.1) is 6.92 Å². The molecule has 1 aliphatic heterocycles. The minimum Gasteiger partial charge on any atom is -0.479 e. The van der Waals surface area contributed by atoms with Gasteiger partial charge in [0.1, 0.15) is 0 Å². The number of carbonyl (C=O) groups is 2. The van der Waals surface area contributed by atoms with E-state index in [-0.39, 0.29) is 24.8 Å². The van der Waals surface area contributed by atoms with Gasteiger partial charge in [-0.1, -0.05) is 6.92 Å². The first-order valence-electron chi connectivity index (χ1n) is 6.13. The van der Waals surface area contributed by atoms with E-state index in [1.54, 1.807) is 6.92 Å². The summed E-state index contributed by atoms with van der Waals surface area (Å²) in [6, 6.07) is 0. The Morgan fingerprint density at radius 2 is 2.26 bits per heavy atom. The van der Waals surface area contributed by atoms with E-state index in [0.29, 0.717) is 24.6 Å². The molecule has 7 nitrogen and oxygen atoms in total. The van der Waals surface area contributed by atoms with Crippen LogP contribution in [0.15, 0.2) is 4.42 Å². The van der Waals surface area contributed by atoms with Crippen LogP contribution in [0.1, 0.15) is 29.1 Å². The maximum absolute atomic E-state index is 12.3. The van der Waals surface area contributed by atoms with Crippen molar-refractivity contribution in [1.29, 1.82) is 0 Å². The Kier molecular flexibility index (Phi) is 3.84. The topological polar surface area (TPSA) is 92.9 Å².